The van der Waals surface area contributed by atoms with Gasteiger partial charge in [-0.05, 0) is 59.1 Å². The third-order valence-corrected chi connectivity index (χ3v) is 3.65. The molecule has 0 aliphatic carbocycles. The van der Waals surface area contributed by atoms with E-state index in [2.05, 4.69) is 40.8 Å². The second-order valence-corrected chi connectivity index (χ2v) is 5.75. The van der Waals surface area contributed by atoms with Crippen LogP contribution in [-0.2, 0) is 7.05 Å². The Labute approximate surface area is 143 Å². The van der Waals surface area contributed by atoms with Gasteiger partial charge < -0.3 is 28.4 Å². The van der Waals surface area contributed by atoms with Crippen molar-refractivity contribution >= 4 is 27.0 Å². The molecule has 20 heavy (non-hydrogen) atoms. The Morgan fingerprint density at radius 3 is 2.50 bits per heavy atom. The molecule has 2 aromatic heterocycles. The number of benzene rings is 1. The van der Waals surface area contributed by atoms with Gasteiger partial charge in [0.2, 0.25) is 5.89 Å². The largest absolute Gasteiger partial charge is 1.00 e. The van der Waals surface area contributed by atoms with Gasteiger partial charge in [-0.25, -0.2) is 9.55 Å². The fraction of sp³-hybridized carbons (Fsp3) is 0.200. The Kier molecular flexibility index (Phi) is 4.49. The summed E-state index contributed by atoms with van der Waals surface area (Å²) in [5.41, 5.74) is 5.15. The van der Waals surface area contributed by atoms with E-state index in [1.807, 2.05) is 36.1 Å². The number of aryl methyl sites for hydroxylation is 3. The summed E-state index contributed by atoms with van der Waals surface area (Å²) in [6.07, 6.45) is 3.98. The third-order valence-electron chi connectivity index (χ3n) is 3.21. The average Bonchev–Trinajstić information content (AvgIpc) is 2.71. The smallest absolute Gasteiger partial charge is 0.233 e. The van der Waals surface area contributed by atoms with Crippen LogP contribution in [-0.4, -0.2) is 4.98 Å². The molecule has 3 rings (SSSR count). The number of nitrogens with zero attached hydrogens (tertiary/aromatic N) is 2. The van der Waals surface area contributed by atoms with Crippen molar-refractivity contribution in [3.05, 3.63) is 46.2 Å². The first kappa shape index (κ1) is 15.4. The lowest BCUT2D eigenvalue weighted by molar-refractivity contribution is -0.671. The van der Waals surface area contributed by atoms with Crippen LogP contribution in [0.4, 0.5) is 0 Å². The minimum atomic E-state index is 0. The Morgan fingerprint density at radius 1 is 1.10 bits per heavy atom. The summed E-state index contributed by atoms with van der Waals surface area (Å²) >= 11 is 3.49. The second kappa shape index (κ2) is 5.81. The normalized spacial score (nSPS) is 10.6. The highest BCUT2D eigenvalue weighted by Crippen LogP contribution is 2.26. The Balaban J connectivity index is 0.00000147. The van der Waals surface area contributed by atoms with Crippen molar-refractivity contribution in [2.45, 2.75) is 13.8 Å². The second-order valence-electron chi connectivity index (χ2n) is 4.83. The van der Waals surface area contributed by atoms with E-state index < -0.39 is 0 Å². The predicted octanol–water partition coefficient (Wildman–Crippen LogP) is 0.703. The van der Waals surface area contributed by atoms with E-state index in [9.17, 15) is 0 Å². The molecule has 2 heterocycles. The van der Waals surface area contributed by atoms with Gasteiger partial charge in [-0.15, -0.1) is 0 Å². The van der Waals surface area contributed by atoms with E-state index in [1.54, 1.807) is 0 Å². The lowest BCUT2D eigenvalue weighted by Gasteiger charge is -1.96. The van der Waals surface area contributed by atoms with E-state index in [4.69, 9.17) is 4.42 Å². The van der Waals surface area contributed by atoms with Crippen LogP contribution in [0.25, 0.3) is 22.6 Å². The Hall–Kier alpha value is -0.950. The molecule has 3 nitrogen and oxygen atoms in total. The summed E-state index contributed by atoms with van der Waals surface area (Å²) < 4.78 is 8.83. The minimum absolute atomic E-state index is 0. The van der Waals surface area contributed by atoms with E-state index in [1.165, 1.54) is 11.1 Å². The van der Waals surface area contributed by atoms with Crippen molar-refractivity contribution in [3.8, 4) is 11.5 Å². The van der Waals surface area contributed by atoms with Gasteiger partial charge in [0.25, 0.3) is 0 Å². The van der Waals surface area contributed by atoms with Gasteiger partial charge in [0.05, 0.1) is 4.47 Å². The standard InChI is InChI=1S/C15H14BrN2O.HI/c1-9-4-13-14(5-10(9)2)19-15(17-13)11-6-12(16)8-18(3)7-11;/h4-8H,1-3H3;1H/q+1;/p-1. The molecule has 5 heteroatoms. The number of hydrogen-bond acceptors (Lipinski definition) is 2. The summed E-state index contributed by atoms with van der Waals surface area (Å²) in [5, 5.41) is 0. The van der Waals surface area contributed by atoms with Gasteiger partial charge >= 0.3 is 0 Å². The molecule has 0 bridgehead atoms. The molecule has 0 radical (unpaired) electrons. The summed E-state index contributed by atoms with van der Waals surface area (Å²) in [6.45, 7) is 4.16. The molecule has 3 aromatic rings. The van der Waals surface area contributed by atoms with E-state index in [0.717, 1.165) is 21.1 Å². The van der Waals surface area contributed by atoms with E-state index in [0.29, 0.717) is 5.89 Å². The molecule has 1 aromatic carbocycles. The maximum Gasteiger partial charge on any atom is 0.233 e. The molecule has 104 valence electrons. The summed E-state index contributed by atoms with van der Waals surface area (Å²) in [6, 6.07) is 6.11. The zero-order chi connectivity index (χ0) is 13.6. The summed E-state index contributed by atoms with van der Waals surface area (Å²) in [5.74, 6) is 0.650. The van der Waals surface area contributed by atoms with E-state index in [-0.39, 0.29) is 24.0 Å². The highest BCUT2D eigenvalue weighted by atomic mass is 127. The highest BCUT2D eigenvalue weighted by Gasteiger charge is 2.13. The van der Waals surface area contributed by atoms with Crippen LogP contribution in [0, 0.1) is 13.8 Å². The van der Waals surface area contributed by atoms with Crippen LogP contribution < -0.4 is 28.5 Å². The summed E-state index contributed by atoms with van der Waals surface area (Å²) in [7, 11) is 1.98. The van der Waals surface area contributed by atoms with Crippen molar-refractivity contribution in [2.24, 2.45) is 7.05 Å². The third kappa shape index (κ3) is 2.88. The molecule has 0 N–H and O–H groups in total. The van der Waals surface area contributed by atoms with Gasteiger partial charge in [-0.1, -0.05) is 0 Å². The lowest BCUT2D eigenvalue weighted by Crippen LogP contribution is -3.00. The van der Waals surface area contributed by atoms with Gasteiger partial charge in [-0.3, -0.25) is 0 Å². The number of fused-ring (bicyclic) bond motifs is 1. The first-order valence-corrected chi connectivity index (χ1v) is 6.86. The first-order valence-electron chi connectivity index (χ1n) is 6.07. The summed E-state index contributed by atoms with van der Waals surface area (Å²) in [4.78, 5) is 4.57. The van der Waals surface area contributed by atoms with Crippen LogP contribution in [0.1, 0.15) is 11.1 Å². The molecule has 0 atom stereocenters. The average molecular weight is 445 g/mol. The first-order chi connectivity index (χ1) is 9.02. The molecule has 0 spiro atoms. The fourth-order valence-corrected chi connectivity index (χ4v) is 2.66. The van der Waals surface area contributed by atoms with Crippen molar-refractivity contribution in [1.29, 1.82) is 0 Å². The number of oxazole rings is 1. The van der Waals surface area contributed by atoms with Gasteiger partial charge in [0.1, 0.15) is 18.1 Å². The molecule has 0 amide bonds. The molecular formula is C15H14BrIN2O. The Bertz CT molecular complexity index is 724. The topological polar surface area (TPSA) is 29.9 Å². The maximum absolute atomic E-state index is 5.85. The van der Waals surface area contributed by atoms with Crippen molar-refractivity contribution in [3.63, 3.8) is 0 Å². The van der Waals surface area contributed by atoms with Crippen molar-refractivity contribution in [2.75, 3.05) is 0 Å². The van der Waals surface area contributed by atoms with Crippen molar-refractivity contribution < 1.29 is 33.0 Å². The molecule has 0 saturated heterocycles. The number of rotatable bonds is 1. The van der Waals surface area contributed by atoms with E-state index >= 15 is 0 Å². The number of aromatic nitrogens is 2. The molecule has 0 saturated carbocycles. The van der Waals surface area contributed by atoms with Crippen LogP contribution in [0.15, 0.2) is 39.5 Å². The van der Waals surface area contributed by atoms with Crippen LogP contribution >= 0.6 is 15.9 Å². The van der Waals surface area contributed by atoms with Gasteiger partial charge in [0, 0.05) is 0 Å². The zero-order valence-corrected chi connectivity index (χ0v) is 15.2. The molecule has 0 fully saturated rings. The van der Waals surface area contributed by atoms with Gasteiger partial charge in [-0.2, -0.15) is 0 Å². The fourth-order valence-electron chi connectivity index (χ4n) is 2.09. The van der Waals surface area contributed by atoms with Crippen LogP contribution in [0.5, 0.6) is 0 Å². The van der Waals surface area contributed by atoms with Gasteiger partial charge in [0.15, 0.2) is 18.0 Å². The SMILES string of the molecule is Cc1cc2nc(-c3cc(Br)c[n+](C)c3)oc2cc1C.[I-]. The molecule has 0 aliphatic heterocycles. The predicted molar refractivity (Wildman–Crippen MR) is 77.8 cm³/mol. The molecule has 0 unspecified atom stereocenters. The molecular weight excluding hydrogens is 431 g/mol. The zero-order valence-electron chi connectivity index (χ0n) is 11.4. The van der Waals surface area contributed by atoms with Crippen LogP contribution in [0.2, 0.25) is 0 Å². The maximum atomic E-state index is 5.85. The quantitative estimate of drug-likeness (QED) is 0.408. The van der Waals surface area contributed by atoms with Crippen LogP contribution in [0.3, 0.4) is 0 Å². The Morgan fingerprint density at radius 2 is 1.80 bits per heavy atom. The number of pyridine rings is 1. The monoisotopic (exact) mass is 444 g/mol. The minimum Gasteiger partial charge on any atom is -1.00 e. The lowest BCUT2D eigenvalue weighted by atomic mass is 10.1. The van der Waals surface area contributed by atoms with Crippen molar-refractivity contribution in [1.82, 2.24) is 4.98 Å². The number of hydrogen-bond donors (Lipinski definition) is 0. The highest BCUT2D eigenvalue weighted by molar-refractivity contribution is 9.10. The number of halogens is 2. The molecule has 0 aliphatic rings.